The summed E-state index contributed by atoms with van der Waals surface area (Å²) < 4.78 is 5.94. The summed E-state index contributed by atoms with van der Waals surface area (Å²) in [7, 11) is 0. The van der Waals surface area contributed by atoms with E-state index in [-0.39, 0.29) is 24.9 Å². The molecule has 2 N–H and O–H groups in total. The van der Waals surface area contributed by atoms with Crippen LogP contribution in [0, 0.1) is 5.92 Å². The normalized spacial score (nSPS) is 22.6. The van der Waals surface area contributed by atoms with Gasteiger partial charge in [0.15, 0.2) is 0 Å². The van der Waals surface area contributed by atoms with Gasteiger partial charge >= 0.3 is 0 Å². The molecule has 0 radical (unpaired) electrons. The number of anilines is 2. The number of ether oxygens (including phenoxy) is 1. The molecule has 1 unspecified atom stereocenters. The highest BCUT2D eigenvalue weighted by Gasteiger charge is 2.45. The van der Waals surface area contributed by atoms with Crippen LogP contribution >= 0.6 is 0 Å². The lowest BCUT2D eigenvalue weighted by Crippen LogP contribution is -2.54. The van der Waals surface area contributed by atoms with Crippen molar-refractivity contribution in [3.63, 3.8) is 0 Å². The number of nitrogens with one attached hydrogen (secondary N) is 2. The van der Waals surface area contributed by atoms with Crippen LogP contribution in [0.15, 0.2) is 48.8 Å². The van der Waals surface area contributed by atoms with Crippen molar-refractivity contribution >= 4 is 46.0 Å². The Kier molecular flexibility index (Phi) is 11.3. The van der Waals surface area contributed by atoms with E-state index in [9.17, 15) is 19.2 Å². The Morgan fingerprint density at radius 1 is 0.800 bits per heavy atom. The maximum absolute atomic E-state index is 13.4. The van der Waals surface area contributed by atoms with Gasteiger partial charge in [0.1, 0.15) is 29.6 Å². The number of hydrogen-bond acceptors (Lipinski definition) is 13. The van der Waals surface area contributed by atoms with Gasteiger partial charge in [-0.15, -0.1) is 0 Å². The van der Waals surface area contributed by atoms with Gasteiger partial charge in [-0.2, -0.15) is 5.10 Å². The molecule has 16 heteroatoms. The first kappa shape index (κ1) is 40.0. The van der Waals surface area contributed by atoms with Crippen molar-refractivity contribution in [3.8, 4) is 17.1 Å². The third-order valence-electron chi connectivity index (χ3n) is 13.0. The van der Waals surface area contributed by atoms with E-state index in [1.807, 2.05) is 38.1 Å². The first-order valence-corrected chi connectivity index (χ1v) is 21.6. The van der Waals surface area contributed by atoms with Gasteiger partial charge in [0.25, 0.3) is 11.8 Å². The number of imide groups is 2. The Bertz CT molecular complexity index is 2260. The first-order chi connectivity index (χ1) is 29.1. The monoisotopic (exact) mass is 817 g/mol. The molecule has 60 heavy (non-hydrogen) atoms. The van der Waals surface area contributed by atoms with Crippen molar-refractivity contribution in [1.82, 2.24) is 45.1 Å². The molecule has 2 aromatic heterocycles. The Balaban J connectivity index is 0.707. The van der Waals surface area contributed by atoms with E-state index in [4.69, 9.17) is 4.74 Å². The largest absolute Gasteiger partial charge is 0.491 e. The van der Waals surface area contributed by atoms with Crippen LogP contribution in [0.3, 0.4) is 0 Å². The maximum Gasteiger partial charge on any atom is 0.262 e. The maximum atomic E-state index is 13.4. The molecule has 5 aliphatic heterocycles. The zero-order valence-electron chi connectivity index (χ0n) is 34.8. The molecule has 0 aliphatic carbocycles. The van der Waals surface area contributed by atoms with Crippen LogP contribution in [-0.2, 0) is 9.59 Å². The molecule has 0 saturated carbocycles. The average molecular weight is 818 g/mol. The minimum absolute atomic E-state index is 0.0886. The minimum atomic E-state index is -0.956. The number of likely N-dealkylation sites (tertiary alicyclic amines) is 1. The van der Waals surface area contributed by atoms with Crippen molar-refractivity contribution in [2.45, 2.75) is 64.6 Å². The summed E-state index contributed by atoms with van der Waals surface area (Å²) in [4.78, 5) is 73.4. The second-order valence-corrected chi connectivity index (χ2v) is 17.3. The van der Waals surface area contributed by atoms with Crippen LogP contribution in [0.2, 0.25) is 0 Å². The summed E-state index contributed by atoms with van der Waals surface area (Å²) in [5.74, 6) is 0.524. The summed E-state index contributed by atoms with van der Waals surface area (Å²) in [6.45, 7) is 18.3. The van der Waals surface area contributed by atoms with Crippen molar-refractivity contribution in [2.75, 3.05) is 88.3 Å². The number of carbonyl (C=O) groups is 4. The Labute approximate surface area is 350 Å². The third-order valence-corrected chi connectivity index (χ3v) is 13.0. The molecule has 2 atom stereocenters. The number of rotatable bonds is 11. The van der Waals surface area contributed by atoms with Crippen LogP contribution in [0.1, 0.15) is 67.2 Å². The summed E-state index contributed by atoms with van der Waals surface area (Å²) in [5.41, 5.74) is 4.10. The molecule has 4 saturated heterocycles. The first-order valence-electron chi connectivity index (χ1n) is 21.6. The molecular weight excluding hydrogens is 763 g/mol. The zero-order valence-corrected chi connectivity index (χ0v) is 34.8. The van der Waals surface area contributed by atoms with E-state index in [1.165, 1.54) is 12.8 Å². The van der Waals surface area contributed by atoms with Gasteiger partial charge in [-0.1, -0.05) is 0 Å². The van der Waals surface area contributed by atoms with E-state index >= 15 is 0 Å². The second-order valence-electron chi connectivity index (χ2n) is 17.3. The summed E-state index contributed by atoms with van der Waals surface area (Å²) >= 11 is 0. The number of carbonyl (C=O) groups excluding carboxylic acids is 4. The number of fused-ring (bicyclic) bond motifs is 2. The number of nitrogens with zero attached hydrogens (tertiary/aromatic N) is 9. The Morgan fingerprint density at radius 3 is 2.35 bits per heavy atom. The summed E-state index contributed by atoms with van der Waals surface area (Å²) in [6.07, 6.45) is 4.41. The van der Waals surface area contributed by atoms with Gasteiger partial charge in [0.2, 0.25) is 11.8 Å². The molecule has 4 fully saturated rings. The number of hydrogen-bond donors (Lipinski definition) is 2. The van der Waals surface area contributed by atoms with Gasteiger partial charge < -0.3 is 19.4 Å². The molecule has 7 heterocycles. The lowest BCUT2D eigenvalue weighted by Gasteiger charge is -2.42. The summed E-state index contributed by atoms with van der Waals surface area (Å²) in [6, 6.07) is 12.9. The van der Waals surface area contributed by atoms with Gasteiger partial charge in [-0.3, -0.25) is 44.3 Å². The SMILES string of the molecule is CC(C)Oc1ccc2[nH]nc(-c3cc(N4CCN(CCN5CCC(CN6CCN(c7ccc8c(c7)C(=O)N(C7CCC(=O)NC7=O)C8=O)CC6)CC5)[C@@H](C)C4)ncn3)c2c1. The van der Waals surface area contributed by atoms with Crippen LogP contribution in [-0.4, -0.2) is 160 Å². The second kappa shape index (κ2) is 16.9. The van der Waals surface area contributed by atoms with Crippen LogP contribution in [0.5, 0.6) is 5.75 Å². The van der Waals surface area contributed by atoms with Crippen LogP contribution in [0.25, 0.3) is 22.3 Å². The molecular formula is C44H55N11O5. The highest BCUT2D eigenvalue weighted by Crippen LogP contribution is 2.33. The topological polar surface area (TPSA) is 163 Å². The van der Waals surface area contributed by atoms with Crippen molar-refractivity contribution in [1.29, 1.82) is 0 Å². The molecule has 16 nitrogen and oxygen atoms in total. The van der Waals surface area contributed by atoms with Gasteiger partial charge in [0.05, 0.1) is 28.4 Å². The number of aromatic amines is 1. The number of aromatic nitrogens is 4. The lowest BCUT2D eigenvalue weighted by molar-refractivity contribution is -0.136. The fourth-order valence-corrected chi connectivity index (χ4v) is 9.59. The highest BCUT2D eigenvalue weighted by molar-refractivity contribution is 6.23. The van der Waals surface area contributed by atoms with Gasteiger partial charge in [-0.05, 0) is 95.4 Å². The number of amides is 4. The number of piperidine rings is 2. The molecule has 0 bridgehead atoms. The van der Waals surface area contributed by atoms with Crippen molar-refractivity contribution < 1.29 is 23.9 Å². The molecule has 316 valence electrons. The van der Waals surface area contributed by atoms with Crippen molar-refractivity contribution in [2.24, 2.45) is 5.92 Å². The molecule has 0 spiro atoms. The number of benzene rings is 2. The quantitative estimate of drug-likeness (QED) is 0.213. The fraction of sp³-hybridized carbons (Fsp3) is 0.523. The van der Waals surface area contributed by atoms with Gasteiger partial charge in [-0.25, -0.2) is 9.97 Å². The predicted octanol–water partition coefficient (Wildman–Crippen LogP) is 3.25. The van der Waals surface area contributed by atoms with E-state index in [2.05, 4.69) is 63.0 Å². The van der Waals surface area contributed by atoms with Crippen LogP contribution < -0.4 is 19.9 Å². The third kappa shape index (κ3) is 8.19. The smallest absolute Gasteiger partial charge is 0.262 e. The minimum Gasteiger partial charge on any atom is -0.491 e. The zero-order chi connectivity index (χ0) is 41.5. The molecule has 5 aliphatic rings. The van der Waals surface area contributed by atoms with E-state index in [0.29, 0.717) is 23.1 Å². The number of H-pyrrole nitrogens is 1. The van der Waals surface area contributed by atoms with E-state index < -0.39 is 23.8 Å². The molecule has 9 rings (SSSR count). The Morgan fingerprint density at radius 2 is 1.58 bits per heavy atom. The lowest BCUT2D eigenvalue weighted by atomic mass is 9.96. The molecule has 4 amide bonds. The van der Waals surface area contributed by atoms with E-state index in [1.54, 1.807) is 18.5 Å². The van der Waals surface area contributed by atoms with Crippen LogP contribution in [0.4, 0.5) is 11.5 Å². The van der Waals surface area contributed by atoms with E-state index in [0.717, 1.165) is 123 Å². The molecule has 2 aromatic carbocycles. The van der Waals surface area contributed by atoms with Gasteiger partial charge in [0, 0.05) is 95.1 Å². The highest BCUT2D eigenvalue weighted by atomic mass is 16.5. The number of piperazine rings is 2. The Hall–Kier alpha value is -5.45. The van der Waals surface area contributed by atoms with Crippen molar-refractivity contribution in [3.05, 3.63) is 59.9 Å². The molecule has 4 aromatic rings. The predicted molar refractivity (Wildman–Crippen MR) is 227 cm³/mol. The standard InChI is InChI=1S/C44H55N11O5/c1-28(2)60-32-5-7-36-35(23-32)41(49-48-36)37-24-39(46-27-45-37)54-21-20-52(29(3)25-54)17-14-50-12-10-30(11-13-50)26-51-15-18-53(19-16-51)31-4-6-33-34(22-31)44(59)55(43(33)58)38-8-9-40(56)47-42(38)57/h4-7,22-24,27-30,38H,8-21,25-26H2,1-3H3,(H,48,49)(H,47,56,57)/t29-,38?/m0/s1. The fourth-order valence-electron chi connectivity index (χ4n) is 9.59. The average Bonchev–Trinajstić information content (AvgIpc) is 3.78. The summed E-state index contributed by atoms with van der Waals surface area (Å²) in [5, 5.41) is 11.0.